The lowest BCUT2D eigenvalue weighted by Crippen LogP contribution is -2.41. The summed E-state index contributed by atoms with van der Waals surface area (Å²) in [6.45, 7) is 7.82. The molecule has 1 heterocycles. The van der Waals surface area contributed by atoms with Crippen molar-refractivity contribution in [3.8, 4) is 11.5 Å². The van der Waals surface area contributed by atoms with Crippen molar-refractivity contribution in [1.82, 2.24) is 0 Å². The summed E-state index contributed by atoms with van der Waals surface area (Å²) < 4.78 is 11.6. The predicted molar refractivity (Wildman–Crippen MR) is 65.5 cm³/mol. The average Bonchev–Trinajstić information content (AvgIpc) is 2.34. The predicted octanol–water partition coefficient (Wildman–Crippen LogP) is 1.40. The first-order valence-electron chi connectivity index (χ1n) is 5.60. The van der Waals surface area contributed by atoms with Crippen LogP contribution in [-0.4, -0.2) is 28.5 Å². The molecule has 2 rings (SSSR count). The lowest BCUT2D eigenvalue weighted by atomic mass is 9.79. The fraction of sp³-hybridized carbons (Fsp3) is 0.500. The zero-order valence-electron chi connectivity index (χ0n) is 10.5. The minimum Gasteiger partial charge on any atom is -0.508 e. The highest BCUT2D eigenvalue weighted by Gasteiger charge is 2.51. The van der Waals surface area contributed by atoms with Crippen LogP contribution < -0.4 is 5.46 Å². The molecule has 0 aromatic heterocycles. The van der Waals surface area contributed by atoms with Crippen molar-refractivity contribution in [3.05, 3.63) is 18.2 Å². The summed E-state index contributed by atoms with van der Waals surface area (Å²) in [6, 6.07) is 4.33. The number of hydrogen-bond donors (Lipinski definition) is 2. The maximum atomic E-state index is 9.44. The van der Waals surface area contributed by atoms with Crippen LogP contribution in [0.25, 0.3) is 0 Å². The minimum absolute atomic E-state index is 0.00490. The molecule has 1 aliphatic heterocycles. The molecule has 0 saturated carbocycles. The van der Waals surface area contributed by atoms with Crippen molar-refractivity contribution in [1.29, 1.82) is 0 Å². The Morgan fingerprint density at radius 3 is 1.71 bits per heavy atom. The Labute approximate surface area is 101 Å². The first kappa shape index (κ1) is 12.3. The van der Waals surface area contributed by atoms with Crippen LogP contribution in [-0.2, 0) is 9.31 Å². The van der Waals surface area contributed by atoms with E-state index in [0.717, 1.165) is 0 Å². The molecule has 5 heteroatoms. The van der Waals surface area contributed by atoms with Crippen LogP contribution in [0.1, 0.15) is 27.7 Å². The highest BCUT2D eigenvalue weighted by molar-refractivity contribution is 6.62. The molecule has 0 radical (unpaired) electrons. The number of phenols is 2. The molecule has 1 fully saturated rings. The summed E-state index contributed by atoms with van der Waals surface area (Å²) in [5.74, 6) is -0.00979. The summed E-state index contributed by atoms with van der Waals surface area (Å²) in [4.78, 5) is 0. The van der Waals surface area contributed by atoms with Gasteiger partial charge in [-0.1, -0.05) is 0 Å². The zero-order chi connectivity index (χ0) is 12.8. The summed E-state index contributed by atoms with van der Waals surface area (Å²) >= 11 is 0. The van der Waals surface area contributed by atoms with Crippen LogP contribution in [0.2, 0.25) is 0 Å². The van der Waals surface area contributed by atoms with E-state index in [4.69, 9.17) is 9.31 Å². The van der Waals surface area contributed by atoms with Crippen LogP contribution in [0.3, 0.4) is 0 Å². The molecule has 4 nitrogen and oxygen atoms in total. The van der Waals surface area contributed by atoms with Crippen molar-refractivity contribution in [2.45, 2.75) is 38.9 Å². The van der Waals surface area contributed by atoms with Crippen molar-refractivity contribution in [3.63, 3.8) is 0 Å². The number of rotatable bonds is 1. The molecule has 1 saturated heterocycles. The summed E-state index contributed by atoms with van der Waals surface area (Å²) in [5.41, 5.74) is -0.251. The first-order valence-corrected chi connectivity index (χ1v) is 5.60. The highest BCUT2D eigenvalue weighted by Crippen LogP contribution is 2.36. The maximum Gasteiger partial charge on any atom is 0.495 e. The number of hydrogen-bond acceptors (Lipinski definition) is 4. The second-order valence-corrected chi connectivity index (χ2v) is 5.37. The largest absolute Gasteiger partial charge is 0.508 e. The van der Waals surface area contributed by atoms with Gasteiger partial charge in [0.25, 0.3) is 0 Å². The van der Waals surface area contributed by atoms with Gasteiger partial charge < -0.3 is 19.5 Å². The summed E-state index contributed by atoms with van der Waals surface area (Å²) in [5, 5.41) is 18.9. The van der Waals surface area contributed by atoms with Gasteiger partial charge >= 0.3 is 7.12 Å². The third-order valence-electron chi connectivity index (χ3n) is 3.45. The van der Waals surface area contributed by atoms with Crippen molar-refractivity contribution in [2.24, 2.45) is 0 Å². The standard InChI is InChI=1S/C12H17BO4/c1-11(2)12(3,4)17-13(16-11)8-5-9(14)7-10(15)6-8/h5-7,14-15H,1-4H3. The van der Waals surface area contributed by atoms with E-state index in [1.54, 1.807) is 0 Å². The van der Waals surface area contributed by atoms with Gasteiger partial charge in [0.2, 0.25) is 0 Å². The zero-order valence-corrected chi connectivity index (χ0v) is 10.5. The molecule has 1 aliphatic rings. The molecule has 1 aromatic rings. The molecule has 0 aliphatic carbocycles. The molecule has 0 spiro atoms. The van der Waals surface area contributed by atoms with Crippen molar-refractivity contribution >= 4 is 12.6 Å². The third-order valence-corrected chi connectivity index (χ3v) is 3.45. The minimum atomic E-state index is -0.571. The molecule has 0 unspecified atom stereocenters. The molecule has 1 aromatic carbocycles. The number of aromatic hydroxyl groups is 2. The number of phenolic OH excluding ortho intramolecular Hbond substituents is 2. The lowest BCUT2D eigenvalue weighted by molar-refractivity contribution is 0.00578. The van der Waals surface area contributed by atoms with E-state index in [0.29, 0.717) is 5.46 Å². The normalized spacial score (nSPS) is 21.8. The van der Waals surface area contributed by atoms with E-state index in [1.807, 2.05) is 27.7 Å². The van der Waals surface area contributed by atoms with Crippen LogP contribution in [0.5, 0.6) is 11.5 Å². The van der Waals surface area contributed by atoms with E-state index >= 15 is 0 Å². The quantitative estimate of drug-likeness (QED) is 0.723. The molecule has 0 amide bonds. The Kier molecular flexibility index (Phi) is 2.63. The Bertz CT molecular complexity index is 406. The summed E-state index contributed by atoms with van der Waals surface area (Å²) in [7, 11) is -0.571. The topological polar surface area (TPSA) is 58.9 Å². The molecular formula is C12H17BO4. The maximum absolute atomic E-state index is 9.44. The van der Waals surface area contributed by atoms with E-state index < -0.39 is 18.3 Å². The van der Waals surface area contributed by atoms with Gasteiger partial charge in [-0.15, -0.1) is 0 Å². The van der Waals surface area contributed by atoms with Gasteiger partial charge in [-0.05, 0) is 45.3 Å². The third kappa shape index (κ3) is 2.12. The van der Waals surface area contributed by atoms with E-state index in [9.17, 15) is 10.2 Å². The van der Waals surface area contributed by atoms with Gasteiger partial charge in [-0.3, -0.25) is 0 Å². The molecule has 0 atom stereocenters. The second-order valence-electron chi connectivity index (χ2n) is 5.37. The molecule has 92 valence electrons. The Hall–Kier alpha value is -1.20. The van der Waals surface area contributed by atoms with E-state index in [1.165, 1.54) is 18.2 Å². The highest BCUT2D eigenvalue weighted by atomic mass is 16.7. The van der Waals surface area contributed by atoms with Gasteiger partial charge in [0.05, 0.1) is 11.2 Å². The fourth-order valence-electron chi connectivity index (χ4n) is 1.73. The first-order chi connectivity index (χ1) is 7.71. The Morgan fingerprint density at radius 1 is 0.882 bits per heavy atom. The van der Waals surface area contributed by atoms with Crippen LogP contribution in [0, 0.1) is 0 Å². The fourth-order valence-corrected chi connectivity index (χ4v) is 1.73. The molecule has 17 heavy (non-hydrogen) atoms. The lowest BCUT2D eigenvalue weighted by Gasteiger charge is -2.32. The molecule has 0 bridgehead atoms. The number of benzene rings is 1. The average molecular weight is 236 g/mol. The van der Waals surface area contributed by atoms with Gasteiger partial charge in [0.15, 0.2) is 0 Å². The van der Waals surface area contributed by atoms with E-state index in [-0.39, 0.29) is 11.5 Å². The molecular weight excluding hydrogens is 219 g/mol. The van der Waals surface area contributed by atoms with Gasteiger partial charge in [0.1, 0.15) is 11.5 Å². The van der Waals surface area contributed by atoms with Crippen molar-refractivity contribution in [2.75, 3.05) is 0 Å². The van der Waals surface area contributed by atoms with Gasteiger partial charge in [-0.25, -0.2) is 0 Å². The second kappa shape index (κ2) is 3.65. The monoisotopic (exact) mass is 236 g/mol. The van der Waals surface area contributed by atoms with Crippen LogP contribution in [0.4, 0.5) is 0 Å². The van der Waals surface area contributed by atoms with Gasteiger partial charge in [0, 0.05) is 6.07 Å². The van der Waals surface area contributed by atoms with Gasteiger partial charge in [-0.2, -0.15) is 0 Å². The molecule has 2 N–H and O–H groups in total. The SMILES string of the molecule is CC1(C)OB(c2cc(O)cc(O)c2)OC1(C)C. The Morgan fingerprint density at radius 2 is 1.29 bits per heavy atom. The van der Waals surface area contributed by atoms with Crippen LogP contribution >= 0.6 is 0 Å². The Balaban J connectivity index is 2.32. The smallest absolute Gasteiger partial charge is 0.495 e. The summed E-state index contributed by atoms with van der Waals surface area (Å²) in [6.07, 6.45) is 0. The van der Waals surface area contributed by atoms with Crippen molar-refractivity contribution < 1.29 is 19.5 Å². The van der Waals surface area contributed by atoms with E-state index in [2.05, 4.69) is 0 Å². The van der Waals surface area contributed by atoms with Crippen LogP contribution in [0.15, 0.2) is 18.2 Å².